The topological polar surface area (TPSA) is 29.3 Å². The summed E-state index contributed by atoms with van der Waals surface area (Å²) in [6.45, 7) is 4.61. The lowest BCUT2D eigenvalue weighted by Gasteiger charge is -2.30. The quantitative estimate of drug-likeness (QED) is 0.919. The molecular formula is C16H23F3N2. The summed E-state index contributed by atoms with van der Waals surface area (Å²) in [7, 11) is 0. The first kappa shape index (κ1) is 16.3. The number of nitrogens with zero attached hydrogens (tertiary/aromatic N) is 1. The van der Waals surface area contributed by atoms with Crippen LogP contribution >= 0.6 is 0 Å². The molecule has 118 valence electrons. The smallest absolute Gasteiger partial charge is 0.329 e. The molecule has 0 radical (unpaired) electrons. The SMILES string of the molecule is CC1CCCN(C(CN)c2ccc(C(F)(F)F)cc2)CC1. The van der Waals surface area contributed by atoms with Crippen molar-refractivity contribution in [2.24, 2.45) is 11.7 Å². The molecule has 1 fully saturated rings. The van der Waals surface area contributed by atoms with E-state index < -0.39 is 11.7 Å². The van der Waals surface area contributed by atoms with Gasteiger partial charge in [0.05, 0.1) is 5.56 Å². The predicted molar refractivity (Wildman–Crippen MR) is 77.8 cm³/mol. The molecule has 0 spiro atoms. The molecule has 1 saturated heterocycles. The van der Waals surface area contributed by atoms with Crippen molar-refractivity contribution < 1.29 is 13.2 Å². The molecule has 1 heterocycles. The first-order chi connectivity index (χ1) is 9.91. The Balaban J connectivity index is 2.13. The van der Waals surface area contributed by atoms with Crippen molar-refractivity contribution in [1.29, 1.82) is 0 Å². The van der Waals surface area contributed by atoms with E-state index in [0.29, 0.717) is 12.5 Å². The summed E-state index contributed by atoms with van der Waals surface area (Å²) >= 11 is 0. The predicted octanol–water partition coefficient (Wildman–Crippen LogP) is 3.83. The number of rotatable bonds is 3. The molecule has 0 amide bonds. The molecule has 21 heavy (non-hydrogen) atoms. The third-order valence-electron chi connectivity index (χ3n) is 4.34. The monoisotopic (exact) mass is 300 g/mol. The molecule has 2 nitrogen and oxygen atoms in total. The summed E-state index contributed by atoms with van der Waals surface area (Å²) in [6, 6.07) is 5.44. The van der Waals surface area contributed by atoms with E-state index in [-0.39, 0.29) is 6.04 Å². The summed E-state index contributed by atoms with van der Waals surface area (Å²) in [4.78, 5) is 2.31. The van der Waals surface area contributed by atoms with Gasteiger partial charge in [-0.1, -0.05) is 19.1 Å². The van der Waals surface area contributed by atoms with Gasteiger partial charge in [-0.2, -0.15) is 13.2 Å². The van der Waals surface area contributed by atoms with Crippen LogP contribution in [0.4, 0.5) is 13.2 Å². The lowest BCUT2D eigenvalue weighted by Crippen LogP contribution is -2.34. The Bertz CT molecular complexity index is 442. The first-order valence-corrected chi connectivity index (χ1v) is 7.53. The molecule has 0 saturated carbocycles. The molecule has 1 aliphatic rings. The number of alkyl halides is 3. The Labute approximate surface area is 124 Å². The maximum atomic E-state index is 12.6. The average molecular weight is 300 g/mol. The van der Waals surface area contributed by atoms with Gasteiger partial charge in [0, 0.05) is 12.6 Å². The molecule has 5 heteroatoms. The minimum Gasteiger partial charge on any atom is -0.329 e. The number of likely N-dealkylation sites (tertiary alicyclic amines) is 1. The maximum Gasteiger partial charge on any atom is 0.416 e. The summed E-state index contributed by atoms with van der Waals surface area (Å²) in [5.41, 5.74) is 6.15. The van der Waals surface area contributed by atoms with Crippen molar-refractivity contribution in [2.75, 3.05) is 19.6 Å². The second-order valence-electron chi connectivity index (χ2n) is 5.94. The van der Waals surface area contributed by atoms with Gasteiger partial charge in [-0.25, -0.2) is 0 Å². The second-order valence-corrected chi connectivity index (χ2v) is 5.94. The highest BCUT2D eigenvalue weighted by atomic mass is 19.4. The van der Waals surface area contributed by atoms with Crippen LogP contribution in [0.2, 0.25) is 0 Å². The fraction of sp³-hybridized carbons (Fsp3) is 0.625. The van der Waals surface area contributed by atoms with Crippen molar-refractivity contribution in [1.82, 2.24) is 4.90 Å². The zero-order valence-corrected chi connectivity index (χ0v) is 12.4. The van der Waals surface area contributed by atoms with Gasteiger partial charge in [-0.15, -0.1) is 0 Å². The van der Waals surface area contributed by atoms with E-state index in [2.05, 4.69) is 11.8 Å². The van der Waals surface area contributed by atoms with Gasteiger partial charge >= 0.3 is 6.18 Å². The van der Waals surface area contributed by atoms with E-state index in [1.165, 1.54) is 6.42 Å². The Kier molecular flexibility index (Phi) is 5.27. The highest BCUT2D eigenvalue weighted by Crippen LogP contribution is 2.31. The summed E-state index contributed by atoms with van der Waals surface area (Å²) in [5.74, 6) is 0.709. The Morgan fingerprint density at radius 3 is 2.43 bits per heavy atom. The molecule has 1 aromatic rings. The molecule has 0 bridgehead atoms. The highest BCUT2D eigenvalue weighted by molar-refractivity contribution is 5.27. The number of nitrogens with two attached hydrogens (primary N) is 1. The Morgan fingerprint density at radius 2 is 1.86 bits per heavy atom. The van der Waals surface area contributed by atoms with Crippen LogP contribution in [0, 0.1) is 5.92 Å². The summed E-state index contributed by atoms with van der Waals surface area (Å²) < 4.78 is 37.9. The van der Waals surface area contributed by atoms with Crippen molar-refractivity contribution in [3.8, 4) is 0 Å². The first-order valence-electron chi connectivity index (χ1n) is 7.53. The van der Waals surface area contributed by atoms with Gasteiger partial charge in [0.15, 0.2) is 0 Å². The van der Waals surface area contributed by atoms with Gasteiger partial charge < -0.3 is 5.73 Å². The largest absolute Gasteiger partial charge is 0.416 e. The molecule has 2 N–H and O–H groups in total. The van der Waals surface area contributed by atoms with Gasteiger partial charge in [-0.05, 0) is 56.0 Å². The van der Waals surface area contributed by atoms with Crippen LogP contribution in [0.15, 0.2) is 24.3 Å². The zero-order chi connectivity index (χ0) is 15.5. The van der Waals surface area contributed by atoms with Crippen molar-refractivity contribution in [3.63, 3.8) is 0 Å². The van der Waals surface area contributed by atoms with Crippen LogP contribution in [0.25, 0.3) is 0 Å². The van der Waals surface area contributed by atoms with Gasteiger partial charge in [0.2, 0.25) is 0 Å². The minimum atomic E-state index is -4.28. The van der Waals surface area contributed by atoms with Crippen LogP contribution < -0.4 is 5.73 Å². The van der Waals surface area contributed by atoms with Crippen LogP contribution in [0.3, 0.4) is 0 Å². The maximum absolute atomic E-state index is 12.6. The fourth-order valence-electron chi connectivity index (χ4n) is 2.99. The van der Waals surface area contributed by atoms with Gasteiger partial charge in [-0.3, -0.25) is 4.90 Å². The van der Waals surface area contributed by atoms with Crippen LogP contribution in [-0.4, -0.2) is 24.5 Å². The van der Waals surface area contributed by atoms with Crippen molar-refractivity contribution in [2.45, 2.75) is 38.4 Å². The number of hydrogen-bond acceptors (Lipinski definition) is 2. The molecule has 2 atom stereocenters. The van der Waals surface area contributed by atoms with Crippen LogP contribution in [-0.2, 0) is 6.18 Å². The minimum absolute atomic E-state index is 0.0117. The number of benzene rings is 1. The lowest BCUT2D eigenvalue weighted by molar-refractivity contribution is -0.137. The van der Waals surface area contributed by atoms with E-state index in [4.69, 9.17) is 5.73 Å². The third kappa shape index (κ3) is 4.20. The number of halogens is 3. The van der Waals surface area contributed by atoms with Crippen LogP contribution in [0.5, 0.6) is 0 Å². The Hall–Kier alpha value is -1.07. The molecule has 1 aliphatic heterocycles. The molecule has 2 rings (SSSR count). The second kappa shape index (κ2) is 6.79. The lowest BCUT2D eigenvalue weighted by atomic mass is 10.0. The van der Waals surface area contributed by atoms with E-state index in [1.807, 2.05) is 0 Å². The third-order valence-corrected chi connectivity index (χ3v) is 4.34. The normalized spacial score (nSPS) is 22.8. The van der Waals surface area contributed by atoms with Crippen LogP contribution in [0.1, 0.15) is 43.4 Å². The molecular weight excluding hydrogens is 277 g/mol. The van der Waals surface area contributed by atoms with Crippen molar-refractivity contribution >= 4 is 0 Å². The van der Waals surface area contributed by atoms with E-state index in [0.717, 1.165) is 43.6 Å². The zero-order valence-electron chi connectivity index (χ0n) is 12.4. The molecule has 1 aromatic carbocycles. The molecule has 0 aromatic heterocycles. The summed E-state index contributed by atoms with van der Waals surface area (Å²) in [5, 5.41) is 0. The standard InChI is InChI=1S/C16H23F3N2/c1-12-3-2-9-21(10-8-12)15(11-20)13-4-6-14(7-5-13)16(17,18)19/h4-7,12,15H,2-3,8-11,20H2,1H3. The molecule has 2 unspecified atom stereocenters. The summed E-state index contributed by atoms with van der Waals surface area (Å²) in [6.07, 6.45) is -0.828. The average Bonchev–Trinajstić information content (AvgIpc) is 2.65. The number of hydrogen-bond donors (Lipinski definition) is 1. The van der Waals surface area contributed by atoms with Gasteiger partial charge in [0.1, 0.15) is 0 Å². The molecule has 0 aliphatic carbocycles. The van der Waals surface area contributed by atoms with Gasteiger partial charge in [0.25, 0.3) is 0 Å². The van der Waals surface area contributed by atoms with Crippen molar-refractivity contribution in [3.05, 3.63) is 35.4 Å². The van der Waals surface area contributed by atoms with E-state index >= 15 is 0 Å². The fourth-order valence-corrected chi connectivity index (χ4v) is 2.99. The Morgan fingerprint density at radius 1 is 1.19 bits per heavy atom. The van der Waals surface area contributed by atoms with E-state index in [9.17, 15) is 13.2 Å². The highest BCUT2D eigenvalue weighted by Gasteiger charge is 2.30. The van der Waals surface area contributed by atoms with E-state index in [1.54, 1.807) is 12.1 Å².